The van der Waals surface area contributed by atoms with Crippen LogP contribution in [0.15, 0.2) is 212 Å². The van der Waals surface area contributed by atoms with Crippen LogP contribution >= 0.6 is 0 Å². The maximum atomic E-state index is 15.3. The van der Waals surface area contributed by atoms with Gasteiger partial charge in [-0.05, 0) is 103 Å². The van der Waals surface area contributed by atoms with Crippen molar-refractivity contribution in [3.63, 3.8) is 0 Å². The zero-order valence-corrected chi connectivity index (χ0v) is 38.0. The van der Waals surface area contributed by atoms with Crippen molar-refractivity contribution in [2.45, 2.75) is 6.18 Å². The van der Waals surface area contributed by atoms with Crippen molar-refractivity contribution in [3.05, 3.63) is 229 Å². The van der Waals surface area contributed by atoms with E-state index in [1.165, 1.54) is 12.1 Å². The molecule has 14 rings (SSSR count). The van der Waals surface area contributed by atoms with Gasteiger partial charge in [0.15, 0.2) is 0 Å². The summed E-state index contributed by atoms with van der Waals surface area (Å²) in [6.45, 7) is 0. The van der Waals surface area contributed by atoms with Gasteiger partial charge in [-0.1, -0.05) is 115 Å². The van der Waals surface area contributed by atoms with Crippen molar-refractivity contribution in [1.82, 2.24) is 18.3 Å². The fourth-order valence-corrected chi connectivity index (χ4v) is 11.5. The molecule has 4 aromatic heterocycles. The number of nitriles is 2. The van der Waals surface area contributed by atoms with Crippen LogP contribution in [0.5, 0.6) is 0 Å². The molecule has 0 saturated carbocycles. The Morgan fingerprint density at radius 3 is 1.04 bits per heavy atom. The largest absolute Gasteiger partial charge is 0.417 e. The second kappa shape index (κ2) is 15.3. The number of para-hydroxylation sites is 6. The second-order valence-electron chi connectivity index (χ2n) is 18.2. The Labute approximate surface area is 408 Å². The van der Waals surface area contributed by atoms with Crippen molar-refractivity contribution in [3.8, 4) is 46.0 Å². The van der Waals surface area contributed by atoms with E-state index in [0.29, 0.717) is 11.4 Å². The van der Waals surface area contributed by atoms with Gasteiger partial charge in [-0.15, -0.1) is 0 Å². The molecule has 0 atom stereocenters. The first-order valence-corrected chi connectivity index (χ1v) is 23.5. The number of benzene rings is 10. The number of nitrogens with zero attached hydrogens (tertiary/aromatic N) is 6. The fourth-order valence-electron chi connectivity index (χ4n) is 11.5. The molecule has 4 heterocycles. The number of aromatic nitrogens is 4. The van der Waals surface area contributed by atoms with E-state index in [9.17, 15) is 10.5 Å². The Morgan fingerprint density at radius 1 is 0.333 bits per heavy atom. The number of hydrogen-bond acceptors (Lipinski definition) is 2. The topological polar surface area (TPSA) is 67.3 Å². The van der Waals surface area contributed by atoms with E-state index >= 15 is 13.2 Å². The molecule has 0 radical (unpaired) electrons. The molecule has 0 N–H and O–H groups in total. The molecule has 10 aromatic carbocycles. The summed E-state index contributed by atoms with van der Waals surface area (Å²) in [7, 11) is 0. The average molecular weight is 933 g/mol. The summed E-state index contributed by atoms with van der Waals surface area (Å²) in [5.74, 6) is 0. The third-order valence-electron chi connectivity index (χ3n) is 14.5. The van der Waals surface area contributed by atoms with Crippen LogP contribution < -0.4 is 0 Å². The van der Waals surface area contributed by atoms with E-state index in [1.807, 2.05) is 118 Å². The molecular weight excluding hydrogens is 898 g/mol. The number of rotatable bonds is 5. The summed E-state index contributed by atoms with van der Waals surface area (Å²) < 4.78 is 54.4. The maximum Gasteiger partial charge on any atom is 0.417 e. The van der Waals surface area contributed by atoms with Gasteiger partial charge in [0.25, 0.3) is 0 Å². The molecule has 0 aliphatic carbocycles. The summed E-state index contributed by atoms with van der Waals surface area (Å²) in [5, 5.41) is 30.3. The van der Waals surface area contributed by atoms with Gasteiger partial charge in [0, 0.05) is 60.0 Å². The van der Waals surface area contributed by atoms with Gasteiger partial charge in [0.05, 0.1) is 72.7 Å². The molecule has 6 nitrogen and oxygen atoms in total. The first-order valence-electron chi connectivity index (χ1n) is 23.5. The maximum absolute atomic E-state index is 15.3. The molecule has 0 spiro atoms. The lowest BCUT2D eigenvalue weighted by Crippen LogP contribution is -2.10. The van der Waals surface area contributed by atoms with E-state index in [1.54, 1.807) is 12.1 Å². The molecule has 0 saturated heterocycles. The van der Waals surface area contributed by atoms with Gasteiger partial charge in [-0.3, -0.25) is 0 Å². The van der Waals surface area contributed by atoms with Gasteiger partial charge in [-0.2, -0.15) is 23.7 Å². The van der Waals surface area contributed by atoms with E-state index in [0.717, 1.165) is 105 Å². The lowest BCUT2D eigenvalue weighted by Gasteiger charge is -2.20. The van der Waals surface area contributed by atoms with Crippen molar-refractivity contribution in [2.75, 3.05) is 0 Å². The monoisotopic (exact) mass is 932 g/mol. The number of halogens is 3. The van der Waals surface area contributed by atoms with Crippen LogP contribution in [0.2, 0.25) is 0 Å². The van der Waals surface area contributed by atoms with Crippen LogP contribution in [-0.2, 0) is 6.18 Å². The highest BCUT2D eigenvalue weighted by atomic mass is 19.4. The zero-order valence-electron chi connectivity index (χ0n) is 38.0. The van der Waals surface area contributed by atoms with Crippen LogP contribution in [0.25, 0.3) is 121 Å². The van der Waals surface area contributed by atoms with Gasteiger partial charge in [0.1, 0.15) is 11.6 Å². The quantitative estimate of drug-likeness (QED) is 0.173. The number of alkyl halides is 3. The highest BCUT2D eigenvalue weighted by Crippen LogP contribution is 2.45. The van der Waals surface area contributed by atoms with E-state index in [4.69, 9.17) is 0 Å². The summed E-state index contributed by atoms with van der Waals surface area (Å²) in [4.78, 5) is 0. The Hall–Kier alpha value is -9.83. The lowest BCUT2D eigenvalue weighted by molar-refractivity contribution is -0.137. The molecule has 0 aliphatic rings. The van der Waals surface area contributed by atoms with Crippen LogP contribution in [0, 0.1) is 22.7 Å². The molecule has 0 aliphatic heterocycles. The number of fused-ring (bicyclic) bond motifs is 12. The van der Waals surface area contributed by atoms with Crippen molar-refractivity contribution >= 4 is 87.2 Å². The standard InChI is InChI=1S/C63H35F3N6/c64-63(65,66)51-21-13-14-38(36-67)62(51)39-32-60(71-56-26-11-5-19-46(56)48-34-40(28-30-58(48)71)69-52-22-7-1-15-42(52)43-16-2-8-23-53(43)69)50(37-68)61(33-39)72-57-27-12-6-20-47(57)49-35-41(29-31-59(49)72)70-54-24-9-3-17-44(54)45-18-4-10-25-55(45)70/h1-35H. The smallest absolute Gasteiger partial charge is 0.309 e. The highest BCUT2D eigenvalue weighted by molar-refractivity contribution is 6.14. The Bertz CT molecular complexity index is 4360. The highest BCUT2D eigenvalue weighted by Gasteiger charge is 2.36. The predicted molar refractivity (Wildman–Crippen MR) is 284 cm³/mol. The Kier molecular flexibility index (Phi) is 8.77. The zero-order chi connectivity index (χ0) is 48.4. The van der Waals surface area contributed by atoms with Crippen LogP contribution in [0.4, 0.5) is 13.2 Å². The van der Waals surface area contributed by atoms with Crippen LogP contribution in [-0.4, -0.2) is 18.3 Å². The van der Waals surface area contributed by atoms with Gasteiger partial charge < -0.3 is 18.3 Å². The van der Waals surface area contributed by atoms with E-state index in [2.05, 4.69) is 94.1 Å². The molecule has 9 heteroatoms. The summed E-state index contributed by atoms with van der Waals surface area (Å²) in [5.41, 5.74) is 8.87. The first-order chi connectivity index (χ1) is 35.3. The minimum atomic E-state index is -4.80. The van der Waals surface area contributed by atoms with E-state index in [-0.39, 0.29) is 22.3 Å². The van der Waals surface area contributed by atoms with Gasteiger partial charge in [-0.25, -0.2) is 0 Å². The summed E-state index contributed by atoms with van der Waals surface area (Å²) >= 11 is 0. The molecule has 0 unspecified atom stereocenters. The molecule has 72 heavy (non-hydrogen) atoms. The second-order valence-corrected chi connectivity index (χ2v) is 18.2. The molecule has 0 bridgehead atoms. The minimum absolute atomic E-state index is 0.137. The summed E-state index contributed by atoms with van der Waals surface area (Å²) in [6, 6.07) is 73.2. The van der Waals surface area contributed by atoms with Gasteiger partial charge in [0.2, 0.25) is 0 Å². The normalized spacial score (nSPS) is 12.1. The van der Waals surface area contributed by atoms with Crippen molar-refractivity contribution < 1.29 is 13.2 Å². The first kappa shape index (κ1) is 41.2. The minimum Gasteiger partial charge on any atom is -0.309 e. The SMILES string of the molecule is N#Cc1cccc(C(F)(F)F)c1-c1cc(-n2c3ccccc3c3cc(-n4c5ccccc5c5ccccc54)ccc32)c(C#N)c(-n2c3ccccc3c3cc(-n4c5ccccc5c5ccccc54)ccc32)c1. The van der Waals surface area contributed by atoms with Crippen molar-refractivity contribution in [2.24, 2.45) is 0 Å². The van der Waals surface area contributed by atoms with Crippen LogP contribution in [0.1, 0.15) is 16.7 Å². The lowest BCUT2D eigenvalue weighted by atomic mass is 9.92. The molecule has 338 valence electrons. The van der Waals surface area contributed by atoms with Crippen LogP contribution in [0.3, 0.4) is 0 Å². The van der Waals surface area contributed by atoms with E-state index < -0.39 is 11.7 Å². The van der Waals surface area contributed by atoms with Crippen molar-refractivity contribution in [1.29, 1.82) is 10.5 Å². The fraction of sp³-hybridized carbons (Fsp3) is 0.0159. The molecule has 14 aromatic rings. The molecular formula is C63H35F3N6. The third kappa shape index (κ3) is 5.83. The average Bonchev–Trinajstić information content (AvgIpc) is 4.14. The predicted octanol–water partition coefficient (Wildman–Crippen LogP) is 16.5. The summed E-state index contributed by atoms with van der Waals surface area (Å²) in [6.07, 6.45) is -4.80. The Morgan fingerprint density at radius 2 is 0.681 bits per heavy atom. The number of hydrogen-bond donors (Lipinski definition) is 0. The molecule has 0 fully saturated rings. The Balaban J connectivity index is 1.08. The molecule has 0 amide bonds. The van der Waals surface area contributed by atoms with Gasteiger partial charge >= 0.3 is 6.18 Å². The third-order valence-corrected chi connectivity index (χ3v) is 14.5.